The molecule has 0 radical (unpaired) electrons. The van der Waals surface area contributed by atoms with Crippen molar-refractivity contribution in [2.75, 3.05) is 19.8 Å². The number of ether oxygens (including phenoxy) is 2. The molecule has 3 rings (SSSR count). The van der Waals surface area contributed by atoms with Crippen molar-refractivity contribution in [3.63, 3.8) is 0 Å². The maximum Gasteiger partial charge on any atom is 0.254 e. The summed E-state index contributed by atoms with van der Waals surface area (Å²) in [4.78, 5) is 12.4. The van der Waals surface area contributed by atoms with Crippen LogP contribution in [0.3, 0.4) is 0 Å². The van der Waals surface area contributed by atoms with Gasteiger partial charge in [0.25, 0.3) is 5.91 Å². The number of carbonyl (C=O) groups excluding carboxylic acids is 1. The summed E-state index contributed by atoms with van der Waals surface area (Å²) in [6.45, 7) is 5.53. The van der Waals surface area contributed by atoms with Crippen LogP contribution in [-0.2, 0) is 6.42 Å². The Morgan fingerprint density at radius 3 is 2.52 bits per heavy atom. The number of halogens is 1. The van der Waals surface area contributed by atoms with E-state index in [1.807, 2.05) is 44.2 Å². The zero-order valence-electron chi connectivity index (χ0n) is 16.5. The molecule has 3 aromatic rings. The molecule has 0 aliphatic heterocycles. The monoisotopic (exact) mass is 413 g/mol. The van der Waals surface area contributed by atoms with E-state index in [9.17, 15) is 4.79 Å². The van der Waals surface area contributed by atoms with Crippen molar-refractivity contribution in [1.82, 2.24) is 15.1 Å². The Labute approximate surface area is 175 Å². The van der Waals surface area contributed by atoms with Crippen LogP contribution in [0.1, 0.15) is 29.8 Å². The summed E-state index contributed by atoms with van der Waals surface area (Å²) in [5, 5.41) is 7.83. The Hall–Kier alpha value is -2.99. The lowest BCUT2D eigenvalue weighted by Gasteiger charge is -2.12. The third-order valence-corrected chi connectivity index (χ3v) is 4.49. The lowest BCUT2D eigenvalue weighted by atomic mass is 10.1. The molecule has 0 unspecified atom stereocenters. The van der Waals surface area contributed by atoms with Gasteiger partial charge in [0.2, 0.25) is 0 Å². The van der Waals surface area contributed by atoms with Crippen LogP contribution in [0.2, 0.25) is 5.02 Å². The molecule has 0 spiro atoms. The van der Waals surface area contributed by atoms with E-state index < -0.39 is 0 Å². The van der Waals surface area contributed by atoms with E-state index in [4.69, 9.17) is 21.1 Å². The van der Waals surface area contributed by atoms with Gasteiger partial charge in [-0.2, -0.15) is 5.10 Å². The van der Waals surface area contributed by atoms with Crippen molar-refractivity contribution >= 4 is 17.5 Å². The second kappa shape index (κ2) is 9.98. The largest absolute Gasteiger partial charge is 0.490 e. The molecule has 1 aromatic heterocycles. The molecule has 7 heteroatoms. The molecule has 1 N–H and O–H groups in total. The standard InChI is InChI=1S/C22H24ClN3O3/c1-3-28-20-10-5-16(13-21(20)29-4-2)11-12-24-22(27)17-14-25-26(15-17)19-8-6-18(23)7-9-19/h5-10,13-15H,3-4,11-12H2,1-2H3,(H,24,27). The van der Waals surface area contributed by atoms with E-state index in [0.717, 1.165) is 22.7 Å². The van der Waals surface area contributed by atoms with E-state index in [1.165, 1.54) is 0 Å². The number of nitrogens with zero attached hydrogens (tertiary/aromatic N) is 2. The zero-order chi connectivity index (χ0) is 20.6. The Morgan fingerprint density at radius 1 is 1.07 bits per heavy atom. The third-order valence-electron chi connectivity index (χ3n) is 4.24. The van der Waals surface area contributed by atoms with Gasteiger partial charge in [-0.15, -0.1) is 0 Å². The summed E-state index contributed by atoms with van der Waals surface area (Å²) >= 11 is 5.91. The minimum atomic E-state index is -0.166. The summed E-state index contributed by atoms with van der Waals surface area (Å²) in [5.41, 5.74) is 2.40. The van der Waals surface area contributed by atoms with Crippen LogP contribution in [0.5, 0.6) is 11.5 Å². The quantitative estimate of drug-likeness (QED) is 0.568. The van der Waals surface area contributed by atoms with Crippen molar-refractivity contribution in [2.45, 2.75) is 20.3 Å². The van der Waals surface area contributed by atoms with Crippen LogP contribution >= 0.6 is 11.6 Å². The number of hydrogen-bond donors (Lipinski definition) is 1. The summed E-state index contributed by atoms with van der Waals surface area (Å²) in [6, 6.07) is 13.1. The lowest BCUT2D eigenvalue weighted by Crippen LogP contribution is -2.25. The molecule has 0 fully saturated rings. The number of rotatable bonds is 9. The summed E-state index contributed by atoms with van der Waals surface area (Å²) in [5.74, 6) is 1.29. The van der Waals surface area contributed by atoms with Crippen LogP contribution in [0, 0.1) is 0 Å². The third kappa shape index (κ3) is 5.51. The van der Waals surface area contributed by atoms with Gasteiger partial charge >= 0.3 is 0 Å². The minimum Gasteiger partial charge on any atom is -0.490 e. The first-order chi connectivity index (χ1) is 14.1. The normalized spacial score (nSPS) is 10.6. The van der Waals surface area contributed by atoms with Crippen molar-refractivity contribution in [3.8, 4) is 17.2 Å². The predicted octanol–water partition coefficient (Wildman–Crippen LogP) is 4.30. The number of amides is 1. The smallest absolute Gasteiger partial charge is 0.254 e. The first kappa shape index (κ1) is 20.7. The Bertz CT molecular complexity index is 954. The molecule has 0 saturated heterocycles. The highest BCUT2D eigenvalue weighted by Gasteiger charge is 2.10. The summed E-state index contributed by atoms with van der Waals surface area (Å²) < 4.78 is 12.9. The Balaban J connectivity index is 1.57. The summed E-state index contributed by atoms with van der Waals surface area (Å²) in [7, 11) is 0. The fraction of sp³-hybridized carbons (Fsp3) is 0.273. The molecule has 0 atom stereocenters. The van der Waals surface area contributed by atoms with Gasteiger partial charge in [0.1, 0.15) is 0 Å². The molecule has 1 heterocycles. The Kier molecular flexibility index (Phi) is 7.14. The number of nitrogens with one attached hydrogen (secondary N) is 1. The molecule has 6 nitrogen and oxygen atoms in total. The van der Waals surface area contributed by atoms with E-state index in [-0.39, 0.29) is 5.91 Å². The predicted molar refractivity (Wildman–Crippen MR) is 113 cm³/mol. The number of hydrogen-bond acceptors (Lipinski definition) is 4. The van der Waals surface area contributed by atoms with Crippen LogP contribution < -0.4 is 14.8 Å². The molecule has 0 saturated carbocycles. The van der Waals surface area contributed by atoms with Crippen LogP contribution in [0.25, 0.3) is 5.69 Å². The van der Waals surface area contributed by atoms with Crippen LogP contribution in [0.15, 0.2) is 54.9 Å². The molecule has 2 aromatic carbocycles. The molecule has 29 heavy (non-hydrogen) atoms. The molecule has 1 amide bonds. The van der Waals surface area contributed by atoms with Crippen LogP contribution in [-0.4, -0.2) is 35.4 Å². The van der Waals surface area contributed by atoms with Gasteiger partial charge in [-0.1, -0.05) is 17.7 Å². The molecular formula is C22H24ClN3O3. The van der Waals surface area contributed by atoms with Crippen molar-refractivity contribution in [2.24, 2.45) is 0 Å². The van der Waals surface area contributed by atoms with Crippen molar-refractivity contribution in [3.05, 3.63) is 71.0 Å². The van der Waals surface area contributed by atoms with Gasteiger partial charge in [-0.05, 0) is 62.2 Å². The highest BCUT2D eigenvalue weighted by Crippen LogP contribution is 2.28. The SMILES string of the molecule is CCOc1ccc(CCNC(=O)c2cnn(-c3ccc(Cl)cc3)c2)cc1OCC. The highest BCUT2D eigenvalue weighted by atomic mass is 35.5. The molecule has 0 aliphatic rings. The maximum absolute atomic E-state index is 12.4. The minimum absolute atomic E-state index is 0.166. The van der Waals surface area contributed by atoms with Gasteiger partial charge in [0.15, 0.2) is 11.5 Å². The number of aromatic nitrogens is 2. The fourth-order valence-electron chi connectivity index (χ4n) is 2.85. The van der Waals surface area contributed by atoms with Crippen LogP contribution in [0.4, 0.5) is 0 Å². The second-order valence-electron chi connectivity index (χ2n) is 6.30. The van der Waals surface area contributed by atoms with E-state index in [0.29, 0.717) is 36.8 Å². The zero-order valence-corrected chi connectivity index (χ0v) is 17.3. The lowest BCUT2D eigenvalue weighted by molar-refractivity contribution is 0.0954. The van der Waals surface area contributed by atoms with Crippen molar-refractivity contribution in [1.29, 1.82) is 0 Å². The average Bonchev–Trinajstić information content (AvgIpc) is 3.21. The van der Waals surface area contributed by atoms with Gasteiger partial charge in [0, 0.05) is 17.8 Å². The van der Waals surface area contributed by atoms with E-state index in [1.54, 1.807) is 29.2 Å². The molecule has 152 valence electrons. The first-order valence-corrected chi connectivity index (χ1v) is 9.95. The molecule has 0 bridgehead atoms. The van der Waals surface area contributed by atoms with Gasteiger partial charge < -0.3 is 14.8 Å². The second-order valence-corrected chi connectivity index (χ2v) is 6.74. The average molecular weight is 414 g/mol. The van der Waals surface area contributed by atoms with Gasteiger partial charge in [-0.25, -0.2) is 4.68 Å². The van der Waals surface area contributed by atoms with Gasteiger partial charge in [-0.3, -0.25) is 4.79 Å². The molecular weight excluding hydrogens is 390 g/mol. The van der Waals surface area contributed by atoms with Gasteiger partial charge in [0.05, 0.1) is 30.7 Å². The van der Waals surface area contributed by atoms with E-state index >= 15 is 0 Å². The van der Waals surface area contributed by atoms with Crippen molar-refractivity contribution < 1.29 is 14.3 Å². The fourth-order valence-corrected chi connectivity index (χ4v) is 2.97. The number of benzene rings is 2. The topological polar surface area (TPSA) is 65.4 Å². The summed E-state index contributed by atoms with van der Waals surface area (Å²) in [6.07, 6.45) is 3.93. The van der Waals surface area contributed by atoms with E-state index in [2.05, 4.69) is 10.4 Å². The number of carbonyl (C=O) groups is 1. The molecule has 0 aliphatic carbocycles. The first-order valence-electron chi connectivity index (χ1n) is 9.58. The maximum atomic E-state index is 12.4. The highest BCUT2D eigenvalue weighted by molar-refractivity contribution is 6.30. The Morgan fingerprint density at radius 2 is 1.79 bits per heavy atom.